The molecule has 0 aromatic heterocycles. The molecule has 4 nitrogen and oxygen atoms in total. The summed E-state index contributed by atoms with van der Waals surface area (Å²) in [4.78, 5) is 13.2. The molecule has 5 heteroatoms. The van der Waals surface area contributed by atoms with E-state index >= 15 is 0 Å². The lowest BCUT2D eigenvalue weighted by Crippen LogP contribution is -2.27. The SMILES string of the molecule is CCOC(=O)CCN(C)CCOc1ccc(Cl)cc1. The predicted molar refractivity (Wildman–Crippen MR) is 75.7 cm³/mol. The lowest BCUT2D eigenvalue weighted by molar-refractivity contribution is -0.143. The van der Waals surface area contributed by atoms with Crippen molar-refractivity contribution >= 4 is 17.6 Å². The normalized spacial score (nSPS) is 10.5. The van der Waals surface area contributed by atoms with Crippen LogP contribution in [0.1, 0.15) is 13.3 Å². The summed E-state index contributed by atoms with van der Waals surface area (Å²) >= 11 is 5.79. The molecule has 0 atom stereocenters. The van der Waals surface area contributed by atoms with Crippen molar-refractivity contribution in [3.63, 3.8) is 0 Å². The van der Waals surface area contributed by atoms with E-state index in [1.54, 1.807) is 12.1 Å². The molecule has 0 saturated heterocycles. The van der Waals surface area contributed by atoms with Crippen LogP contribution in [0.4, 0.5) is 0 Å². The molecule has 0 aliphatic carbocycles. The first-order chi connectivity index (χ1) is 9.11. The molecule has 0 spiro atoms. The van der Waals surface area contributed by atoms with Crippen LogP contribution in [0.5, 0.6) is 5.75 Å². The fourth-order valence-electron chi connectivity index (χ4n) is 1.48. The third kappa shape index (κ3) is 7.03. The number of ether oxygens (including phenoxy) is 2. The van der Waals surface area contributed by atoms with Gasteiger partial charge in [0.2, 0.25) is 0 Å². The second kappa shape index (κ2) is 8.77. The summed E-state index contributed by atoms with van der Waals surface area (Å²) in [6.45, 7) is 4.23. The van der Waals surface area contributed by atoms with Crippen LogP contribution in [0.25, 0.3) is 0 Å². The summed E-state index contributed by atoms with van der Waals surface area (Å²) in [5.41, 5.74) is 0. The lowest BCUT2D eigenvalue weighted by Gasteiger charge is -2.16. The van der Waals surface area contributed by atoms with E-state index in [9.17, 15) is 4.79 Å². The van der Waals surface area contributed by atoms with Crippen molar-refractivity contribution < 1.29 is 14.3 Å². The van der Waals surface area contributed by atoms with Crippen LogP contribution in [-0.4, -0.2) is 44.2 Å². The molecule has 0 unspecified atom stereocenters. The van der Waals surface area contributed by atoms with Crippen molar-refractivity contribution in [2.24, 2.45) is 0 Å². The fourth-order valence-corrected chi connectivity index (χ4v) is 1.60. The molecule has 0 N–H and O–H groups in total. The maximum Gasteiger partial charge on any atom is 0.307 e. The van der Waals surface area contributed by atoms with E-state index in [0.717, 1.165) is 12.3 Å². The standard InChI is InChI=1S/C14H20ClNO3/c1-3-18-14(17)8-9-16(2)10-11-19-13-6-4-12(15)5-7-13/h4-7H,3,8-11H2,1-2H3. The Morgan fingerprint density at radius 3 is 2.58 bits per heavy atom. The van der Waals surface area contributed by atoms with Gasteiger partial charge >= 0.3 is 5.97 Å². The molecule has 0 fully saturated rings. The molecular formula is C14H20ClNO3. The number of esters is 1. The van der Waals surface area contributed by atoms with Crippen LogP contribution < -0.4 is 4.74 Å². The van der Waals surface area contributed by atoms with E-state index in [0.29, 0.717) is 31.2 Å². The van der Waals surface area contributed by atoms with Crippen LogP contribution in [0.2, 0.25) is 5.02 Å². The molecule has 0 radical (unpaired) electrons. The average Bonchev–Trinajstić information content (AvgIpc) is 2.39. The van der Waals surface area contributed by atoms with E-state index in [4.69, 9.17) is 21.1 Å². The van der Waals surface area contributed by atoms with Crippen LogP contribution in [-0.2, 0) is 9.53 Å². The number of likely N-dealkylation sites (N-methyl/N-ethyl adjacent to an activating group) is 1. The maximum atomic E-state index is 11.2. The highest BCUT2D eigenvalue weighted by Gasteiger charge is 2.05. The van der Waals surface area contributed by atoms with Gasteiger partial charge in [-0.15, -0.1) is 0 Å². The van der Waals surface area contributed by atoms with Crippen LogP contribution in [0.15, 0.2) is 24.3 Å². The number of carbonyl (C=O) groups is 1. The minimum absolute atomic E-state index is 0.159. The van der Waals surface area contributed by atoms with Crippen molar-refractivity contribution in [1.29, 1.82) is 0 Å². The monoisotopic (exact) mass is 285 g/mol. The number of hydrogen-bond acceptors (Lipinski definition) is 4. The highest BCUT2D eigenvalue weighted by Crippen LogP contribution is 2.15. The Morgan fingerprint density at radius 2 is 1.95 bits per heavy atom. The lowest BCUT2D eigenvalue weighted by atomic mass is 10.3. The van der Waals surface area contributed by atoms with Gasteiger partial charge in [-0.3, -0.25) is 4.79 Å². The Morgan fingerprint density at radius 1 is 1.26 bits per heavy atom. The van der Waals surface area contributed by atoms with Crippen molar-refractivity contribution in [2.75, 3.05) is 33.4 Å². The molecule has 0 heterocycles. The van der Waals surface area contributed by atoms with Gasteiger partial charge in [0.1, 0.15) is 12.4 Å². The molecule has 1 aromatic carbocycles. The summed E-state index contributed by atoms with van der Waals surface area (Å²) in [6.07, 6.45) is 0.408. The van der Waals surface area contributed by atoms with Crippen LogP contribution in [0, 0.1) is 0 Å². The Labute approximate surface area is 119 Å². The Hall–Kier alpha value is -1.26. The van der Waals surface area contributed by atoms with E-state index in [1.807, 2.05) is 31.0 Å². The number of hydrogen-bond donors (Lipinski definition) is 0. The first-order valence-electron chi connectivity index (χ1n) is 6.34. The second-order valence-electron chi connectivity index (χ2n) is 4.16. The summed E-state index contributed by atoms with van der Waals surface area (Å²) in [5.74, 6) is 0.635. The number of nitrogens with zero attached hydrogens (tertiary/aromatic N) is 1. The van der Waals surface area contributed by atoms with Gasteiger partial charge in [-0.1, -0.05) is 11.6 Å². The van der Waals surface area contributed by atoms with Gasteiger partial charge in [0.05, 0.1) is 13.0 Å². The van der Waals surface area contributed by atoms with Gasteiger partial charge in [0.25, 0.3) is 0 Å². The first kappa shape index (κ1) is 15.8. The van der Waals surface area contributed by atoms with Gasteiger partial charge in [-0.2, -0.15) is 0 Å². The highest BCUT2D eigenvalue weighted by atomic mass is 35.5. The van der Waals surface area contributed by atoms with Gasteiger partial charge < -0.3 is 14.4 Å². The number of benzene rings is 1. The zero-order valence-corrected chi connectivity index (χ0v) is 12.2. The molecule has 19 heavy (non-hydrogen) atoms. The van der Waals surface area contributed by atoms with Gasteiger partial charge in [0.15, 0.2) is 0 Å². The van der Waals surface area contributed by atoms with Gasteiger partial charge in [-0.25, -0.2) is 0 Å². The van der Waals surface area contributed by atoms with Crippen molar-refractivity contribution in [2.45, 2.75) is 13.3 Å². The molecular weight excluding hydrogens is 266 g/mol. The third-order valence-electron chi connectivity index (χ3n) is 2.56. The van der Waals surface area contributed by atoms with E-state index < -0.39 is 0 Å². The molecule has 106 valence electrons. The molecule has 0 aliphatic heterocycles. The zero-order chi connectivity index (χ0) is 14.1. The quantitative estimate of drug-likeness (QED) is 0.688. The molecule has 0 bridgehead atoms. The highest BCUT2D eigenvalue weighted by molar-refractivity contribution is 6.30. The summed E-state index contributed by atoms with van der Waals surface area (Å²) < 4.78 is 10.4. The smallest absolute Gasteiger partial charge is 0.307 e. The molecule has 1 aromatic rings. The summed E-state index contributed by atoms with van der Waals surface area (Å²) in [7, 11) is 1.95. The van der Waals surface area contributed by atoms with Crippen LogP contribution in [0.3, 0.4) is 0 Å². The van der Waals surface area contributed by atoms with Crippen molar-refractivity contribution in [3.8, 4) is 5.75 Å². The molecule has 0 aliphatic rings. The van der Waals surface area contributed by atoms with E-state index in [2.05, 4.69) is 0 Å². The van der Waals surface area contributed by atoms with Crippen LogP contribution >= 0.6 is 11.6 Å². The Kier molecular flexibility index (Phi) is 7.30. The van der Waals surface area contributed by atoms with E-state index in [-0.39, 0.29) is 5.97 Å². The fraction of sp³-hybridized carbons (Fsp3) is 0.500. The first-order valence-corrected chi connectivity index (χ1v) is 6.72. The third-order valence-corrected chi connectivity index (χ3v) is 2.81. The average molecular weight is 286 g/mol. The largest absolute Gasteiger partial charge is 0.492 e. The van der Waals surface area contributed by atoms with Crippen molar-refractivity contribution in [3.05, 3.63) is 29.3 Å². The zero-order valence-electron chi connectivity index (χ0n) is 11.4. The minimum Gasteiger partial charge on any atom is -0.492 e. The number of carbonyl (C=O) groups excluding carboxylic acids is 1. The minimum atomic E-state index is -0.159. The summed E-state index contributed by atoms with van der Waals surface area (Å²) in [6, 6.07) is 7.25. The van der Waals surface area contributed by atoms with E-state index in [1.165, 1.54) is 0 Å². The molecule has 0 saturated carbocycles. The molecule has 1 rings (SSSR count). The maximum absolute atomic E-state index is 11.2. The van der Waals surface area contributed by atoms with Crippen molar-refractivity contribution in [1.82, 2.24) is 4.90 Å². The number of halogens is 1. The molecule has 0 amide bonds. The van der Waals surface area contributed by atoms with Gasteiger partial charge in [-0.05, 0) is 38.2 Å². The number of rotatable bonds is 8. The topological polar surface area (TPSA) is 38.8 Å². The Bertz CT molecular complexity index is 381. The summed E-state index contributed by atoms with van der Waals surface area (Å²) in [5, 5.41) is 0.693. The Balaban J connectivity index is 2.14. The second-order valence-corrected chi connectivity index (χ2v) is 4.60. The predicted octanol–water partition coefficient (Wildman–Crippen LogP) is 2.60. The van der Waals surface area contributed by atoms with Gasteiger partial charge in [0, 0.05) is 18.1 Å².